The molecule has 1 rings (SSSR count). The van der Waals surface area contributed by atoms with Gasteiger partial charge in [-0.05, 0) is 12.5 Å². The van der Waals surface area contributed by atoms with Gasteiger partial charge in [-0.25, -0.2) is 4.79 Å². The summed E-state index contributed by atoms with van der Waals surface area (Å²) in [5, 5.41) is 20.7. The van der Waals surface area contributed by atoms with Gasteiger partial charge in [-0.15, -0.1) is 0 Å². The summed E-state index contributed by atoms with van der Waals surface area (Å²) in [6.45, 7) is 2.35. The number of rotatable bonds is 5. The van der Waals surface area contributed by atoms with Gasteiger partial charge in [0.2, 0.25) is 0 Å². The number of ether oxygens (including phenoxy) is 1. The first-order valence-corrected chi connectivity index (χ1v) is 5.54. The molecule has 0 bridgehead atoms. The molecule has 0 aliphatic carbocycles. The minimum absolute atomic E-state index is 0.236. The maximum Gasteiger partial charge on any atom is 0.490 e. The molecule has 92 valence electrons. The number of carbonyl (C=O) groups is 1. The molecule has 0 aliphatic rings. The minimum Gasteiger partial charge on any atom is -0.449 e. The topological polar surface area (TPSA) is 78.8 Å². The Morgan fingerprint density at radius 2 is 2.12 bits per heavy atom. The molecule has 0 fully saturated rings. The van der Waals surface area contributed by atoms with Crippen LogP contribution in [0.1, 0.15) is 19.8 Å². The van der Waals surface area contributed by atoms with Gasteiger partial charge in [0.25, 0.3) is 0 Å². The fourth-order valence-corrected chi connectivity index (χ4v) is 1.29. The second kappa shape index (κ2) is 6.93. The van der Waals surface area contributed by atoms with Gasteiger partial charge in [0.1, 0.15) is 0 Å². The van der Waals surface area contributed by atoms with Crippen molar-refractivity contribution in [1.29, 1.82) is 0 Å². The van der Waals surface area contributed by atoms with Crippen LogP contribution in [0.5, 0.6) is 0 Å². The molecule has 1 aromatic carbocycles. The predicted octanol–water partition coefficient (Wildman–Crippen LogP) is 0.715. The second-order valence-corrected chi connectivity index (χ2v) is 3.58. The summed E-state index contributed by atoms with van der Waals surface area (Å²) in [6.07, 6.45) is 1.16. The summed E-state index contributed by atoms with van der Waals surface area (Å²) >= 11 is 0. The van der Waals surface area contributed by atoms with Crippen LogP contribution in [-0.2, 0) is 4.74 Å². The van der Waals surface area contributed by atoms with E-state index in [0.29, 0.717) is 12.3 Å². The van der Waals surface area contributed by atoms with Crippen LogP contribution in [0.3, 0.4) is 0 Å². The molecule has 3 N–H and O–H groups in total. The summed E-state index contributed by atoms with van der Waals surface area (Å²) in [7, 11) is -1.62. The van der Waals surface area contributed by atoms with E-state index in [1.54, 1.807) is 18.2 Å². The highest BCUT2D eigenvalue weighted by atomic mass is 16.5. The monoisotopic (exact) mass is 237 g/mol. The Hall–Kier alpha value is -1.53. The van der Waals surface area contributed by atoms with Gasteiger partial charge in [-0.2, -0.15) is 0 Å². The summed E-state index contributed by atoms with van der Waals surface area (Å²) in [6, 6.07) is 6.44. The van der Waals surface area contributed by atoms with Gasteiger partial charge < -0.3 is 14.8 Å². The largest absolute Gasteiger partial charge is 0.490 e. The zero-order valence-electron chi connectivity index (χ0n) is 9.72. The van der Waals surface area contributed by atoms with Crippen LogP contribution in [0.4, 0.5) is 10.5 Å². The summed E-state index contributed by atoms with van der Waals surface area (Å²) < 4.78 is 4.91. The first kappa shape index (κ1) is 13.5. The van der Waals surface area contributed by atoms with Gasteiger partial charge in [-0.1, -0.05) is 31.5 Å². The molecular weight excluding hydrogens is 221 g/mol. The Morgan fingerprint density at radius 1 is 1.41 bits per heavy atom. The smallest absolute Gasteiger partial charge is 0.449 e. The number of carbonyl (C=O) groups excluding carboxylic acids is 1. The van der Waals surface area contributed by atoms with Crippen molar-refractivity contribution in [3.05, 3.63) is 24.3 Å². The standard InChI is InChI=1S/C11H16BNO4/c1-2-3-8-17-11(14)13-10-7-5-4-6-9(10)12(15)16/h4-7,15-16H,2-3,8H2,1H3,(H,13,14). The van der Waals surface area contributed by atoms with Crippen LogP contribution in [-0.4, -0.2) is 29.9 Å². The SMILES string of the molecule is CCCCOC(=O)Nc1ccccc1B(O)O. The van der Waals surface area contributed by atoms with Gasteiger partial charge in [0.05, 0.1) is 6.61 Å². The highest BCUT2D eigenvalue weighted by Gasteiger charge is 2.16. The second-order valence-electron chi connectivity index (χ2n) is 3.58. The minimum atomic E-state index is -1.62. The lowest BCUT2D eigenvalue weighted by molar-refractivity contribution is 0.160. The fourth-order valence-electron chi connectivity index (χ4n) is 1.29. The van der Waals surface area contributed by atoms with E-state index in [1.165, 1.54) is 6.07 Å². The van der Waals surface area contributed by atoms with Crippen molar-refractivity contribution in [2.75, 3.05) is 11.9 Å². The molecule has 1 amide bonds. The number of hydrogen-bond donors (Lipinski definition) is 3. The molecule has 0 saturated heterocycles. The van der Waals surface area contributed by atoms with Crippen molar-refractivity contribution in [3.63, 3.8) is 0 Å². The molecule has 0 saturated carbocycles. The fraction of sp³-hybridized carbons (Fsp3) is 0.364. The van der Waals surface area contributed by atoms with Gasteiger partial charge >= 0.3 is 13.2 Å². The van der Waals surface area contributed by atoms with E-state index in [-0.39, 0.29) is 5.46 Å². The van der Waals surface area contributed by atoms with Crippen LogP contribution >= 0.6 is 0 Å². The van der Waals surface area contributed by atoms with E-state index < -0.39 is 13.2 Å². The van der Waals surface area contributed by atoms with Crippen molar-refractivity contribution in [2.45, 2.75) is 19.8 Å². The van der Waals surface area contributed by atoms with Gasteiger partial charge in [0, 0.05) is 11.2 Å². The Bertz CT molecular complexity index is 370. The predicted molar refractivity (Wildman–Crippen MR) is 66.1 cm³/mol. The molecule has 5 nitrogen and oxygen atoms in total. The first-order valence-electron chi connectivity index (χ1n) is 5.54. The maximum absolute atomic E-state index is 11.4. The third-order valence-corrected chi connectivity index (χ3v) is 2.21. The summed E-state index contributed by atoms with van der Waals surface area (Å²) in [4.78, 5) is 11.4. The van der Waals surface area contributed by atoms with Crippen molar-refractivity contribution in [1.82, 2.24) is 0 Å². The number of amides is 1. The Kier molecular flexibility index (Phi) is 5.52. The van der Waals surface area contributed by atoms with E-state index in [0.717, 1.165) is 12.8 Å². The number of nitrogens with one attached hydrogen (secondary N) is 1. The van der Waals surface area contributed by atoms with Crippen LogP contribution in [0, 0.1) is 0 Å². The molecular formula is C11H16BNO4. The molecule has 0 unspecified atom stereocenters. The zero-order chi connectivity index (χ0) is 12.7. The van der Waals surface area contributed by atoms with E-state index in [2.05, 4.69) is 5.32 Å². The zero-order valence-corrected chi connectivity index (χ0v) is 9.72. The molecule has 0 heterocycles. The van der Waals surface area contributed by atoms with E-state index in [1.807, 2.05) is 6.92 Å². The first-order chi connectivity index (χ1) is 8.15. The van der Waals surface area contributed by atoms with Gasteiger partial charge in [-0.3, -0.25) is 5.32 Å². The van der Waals surface area contributed by atoms with Crippen molar-refractivity contribution < 1.29 is 19.6 Å². The van der Waals surface area contributed by atoms with Crippen LogP contribution in [0.2, 0.25) is 0 Å². The Labute approximate surface area is 101 Å². The third kappa shape index (κ3) is 4.46. The lowest BCUT2D eigenvalue weighted by Crippen LogP contribution is -2.33. The highest BCUT2D eigenvalue weighted by molar-refractivity contribution is 6.60. The number of unbranched alkanes of at least 4 members (excludes halogenated alkanes) is 1. The molecule has 0 spiro atoms. The lowest BCUT2D eigenvalue weighted by atomic mass is 9.79. The molecule has 0 radical (unpaired) electrons. The number of para-hydroxylation sites is 1. The Balaban J connectivity index is 2.58. The van der Waals surface area contributed by atoms with E-state index in [4.69, 9.17) is 14.8 Å². The quantitative estimate of drug-likeness (QED) is 0.520. The van der Waals surface area contributed by atoms with Crippen LogP contribution < -0.4 is 10.8 Å². The number of anilines is 1. The van der Waals surface area contributed by atoms with Gasteiger partial charge in [0.15, 0.2) is 0 Å². The summed E-state index contributed by atoms with van der Waals surface area (Å²) in [5.74, 6) is 0. The average Bonchev–Trinajstić information content (AvgIpc) is 2.29. The van der Waals surface area contributed by atoms with Crippen molar-refractivity contribution >= 4 is 24.4 Å². The maximum atomic E-state index is 11.4. The molecule has 1 aromatic rings. The molecule has 17 heavy (non-hydrogen) atoms. The number of benzene rings is 1. The molecule has 6 heteroatoms. The summed E-state index contributed by atoms with van der Waals surface area (Å²) in [5.41, 5.74) is 0.573. The average molecular weight is 237 g/mol. The van der Waals surface area contributed by atoms with Crippen LogP contribution in [0.15, 0.2) is 24.3 Å². The van der Waals surface area contributed by atoms with Crippen molar-refractivity contribution in [3.8, 4) is 0 Å². The molecule has 0 aromatic heterocycles. The highest BCUT2D eigenvalue weighted by Crippen LogP contribution is 2.04. The lowest BCUT2D eigenvalue weighted by Gasteiger charge is -2.10. The van der Waals surface area contributed by atoms with E-state index in [9.17, 15) is 4.79 Å². The van der Waals surface area contributed by atoms with Crippen molar-refractivity contribution in [2.24, 2.45) is 0 Å². The normalized spacial score (nSPS) is 9.82. The molecule has 0 aliphatic heterocycles. The van der Waals surface area contributed by atoms with Crippen LogP contribution in [0.25, 0.3) is 0 Å². The van der Waals surface area contributed by atoms with E-state index >= 15 is 0 Å². The Morgan fingerprint density at radius 3 is 2.76 bits per heavy atom. The number of hydrogen-bond acceptors (Lipinski definition) is 4. The molecule has 0 atom stereocenters. The third-order valence-electron chi connectivity index (χ3n) is 2.21.